The molecule has 0 heterocycles. The van der Waals surface area contributed by atoms with Crippen molar-refractivity contribution in [2.75, 3.05) is 11.9 Å². The van der Waals surface area contributed by atoms with Gasteiger partial charge in [0, 0.05) is 10.3 Å². The first kappa shape index (κ1) is 21.8. The standard InChI is InChI=1S/C18H25ClFNO3S/c1-6-7-8-24-16(22)11(2)25-15-10-14(13(20)9-12(15)19)21-17(23)18(3,4)5/h9-11H,6-8H2,1-5H3,(H,21,23). The van der Waals surface area contributed by atoms with Gasteiger partial charge in [0.05, 0.1) is 17.3 Å². The molecule has 0 spiro atoms. The largest absolute Gasteiger partial charge is 0.465 e. The number of amides is 1. The van der Waals surface area contributed by atoms with Gasteiger partial charge >= 0.3 is 5.97 Å². The number of rotatable bonds is 7. The molecule has 0 aromatic heterocycles. The van der Waals surface area contributed by atoms with E-state index in [0.29, 0.717) is 11.5 Å². The molecule has 1 rings (SSSR count). The maximum absolute atomic E-state index is 14.1. The van der Waals surface area contributed by atoms with Crippen molar-refractivity contribution in [3.63, 3.8) is 0 Å². The summed E-state index contributed by atoms with van der Waals surface area (Å²) in [5, 5.41) is 2.25. The molecule has 0 bridgehead atoms. The third kappa shape index (κ3) is 6.86. The third-order valence-electron chi connectivity index (χ3n) is 3.33. The lowest BCUT2D eigenvalue weighted by Crippen LogP contribution is -2.28. The lowest BCUT2D eigenvalue weighted by atomic mass is 9.95. The number of carbonyl (C=O) groups excluding carboxylic acids is 2. The lowest BCUT2D eigenvalue weighted by Gasteiger charge is -2.19. The zero-order chi connectivity index (χ0) is 19.2. The fraction of sp³-hybridized carbons (Fsp3) is 0.556. The van der Waals surface area contributed by atoms with Crippen molar-refractivity contribution >= 4 is 40.9 Å². The SMILES string of the molecule is CCCCOC(=O)C(C)Sc1cc(NC(=O)C(C)(C)C)c(F)cc1Cl. The van der Waals surface area contributed by atoms with E-state index < -0.39 is 16.5 Å². The van der Waals surface area contributed by atoms with E-state index in [2.05, 4.69) is 5.32 Å². The summed E-state index contributed by atoms with van der Waals surface area (Å²) in [5.74, 6) is -1.28. The number of halogens is 2. The number of hydrogen-bond donors (Lipinski definition) is 1. The van der Waals surface area contributed by atoms with E-state index in [1.54, 1.807) is 27.7 Å². The van der Waals surface area contributed by atoms with Gasteiger partial charge in [0.25, 0.3) is 0 Å². The minimum atomic E-state index is -0.657. The highest BCUT2D eigenvalue weighted by Gasteiger charge is 2.24. The number of thioether (sulfide) groups is 1. The van der Waals surface area contributed by atoms with Gasteiger partial charge in [0.1, 0.15) is 11.1 Å². The molecule has 1 atom stereocenters. The second-order valence-electron chi connectivity index (χ2n) is 6.75. The number of anilines is 1. The zero-order valence-corrected chi connectivity index (χ0v) is 16.8. The van der Waals surface area contributed by atoms with Crippen LogP contribution in [0, 0.1) is 11.2 Å². The van der Waals surface area contributed by atoms with Crippen LogP contribution in [0.2, 0.25) is 5.02 Å². The Balaban J connectivity index is 2.88. The van der Waals surface area contributed by atoms with Crippen LogP contribution in [0.15, 0.2) is 17.0 Å². The van der Waals surface area contributed by atoms with E-state index in [0.717, 1.165) is 18.9 Å². The number of ether oxygens (including phenoxy) is 1. The van der Waals surface area contributed by atoms with Crippen LogP contribution in [0.4, 0.5) is 10.1 Å². The summed E-state index contributed by atoms with van der Waals surface area (Å²) in [6.07, 6.45) is 1.75. The van der Waals surface area contributed by atoms with Crippen LogP contribution in [0.3, 0.4) is 0 Å². The lowest BCUT2D eigenvalue weighted by molar-refractivity contribution is -0.142. The molecule has 1 aromatic rings. The fourth-order valence-corrected chi connectivity index (χ4v) is 2.88. The van der Waals surface area contributed by atoms with Crippen LogP contribution in [0.5, 0.6) is 0 Å². The minimum Gasteiger partial charge on any atom is -0.465 e. The van der Waals surface area contributed by atoms with E-state index in [9.17, 15) is 14.0 Å². The third-order valence-corrected chi connectivity index (χ3v) is 4.89. The summed E-state index contributed by atoms with van der Waals surface area (Å²) >= 11 is 7.25. The predicted octanol–water partition coefficient (Wildman–Crippen LogP) is 5.29. The Morgan fingerprint density at radius 2 is 2.00 bits per heavy atom. The van der Waals surface area contributed by atoms with Crippen LogP contribution in [-0.2, 0) is 14.3 Å². The van der Waals surface area contributed by atoms with Crippen molar-refractivity contribution in [1.82, 2.24) is 0 Å². The Hall–Kier alpha value is -1.27. The van der Waals surface area contributed by atoms with Crippen molar-refractivity contribution < 1.29 is 18.7 Å². The average molecular weight is 390 g/mol. The van der Waals surface area contributed by atoms with Gasteiger partial charge in [0.2, 0.25) is 5.91 Å². The summed E-state index contributed by atoms with van der Waals surface area (Å²) in [4.78, 5) is 24.5. The molecule has 140 valence electrons. The van der Waals surface area contributed by atoms with Crippen molar-refractivity contribution in [2.45, 2.75) is 57.6 Å². The van der Waals surface area contributed by atoms with E-state index in [4.69, 9.17) is 16.3 Å². The van der Waals surface area contributed by atoms with E-state index >= 15 is 0 Å². The summed E-state index contributed by atoms with van der Waals surface area (Å²) in [6, 6.07) is 2.58. The molecule has 0 aliphatic rings. The van der Waals surface area contributed by atoms with Gasteiger partial charge in [-0.2, -0.15) is 0 Å². The Morgan fingerprint density at radius 1 is 1.36 bits per heavy atom. The number of benzene rings is 1. The summed E-state index contributed by atoms with van der Waals surface area (Å²) in [6.45, 7) is 9.30. The van der Waals surface area contributed by atoms with Gasteiger partial charge in [-0.3, -0.25) is 9.59 Å². The van der Waals surface area contributed by atoms with Crippen LogP contribution < -0.4 is 5.32 Å². The molecule has 0 saturated carbocycles. The van der Waals surface area contributed by atoms with Gasteiger partial charge in [0.15, 0.2) is 0 Å². The average Bonchev–Trinajstić information content (AvgIpc) is 2.50. The molecule has 0 aliphatic heterocycles. The molecule has 0 saturated heterocycles. The Morgan fingerprint density at radius 3 is 2.56 bits per heavy atom. The van der Waals surface area contributed by atoms with Crippen molar-refractivity contribution in [3.8, 4) is 0 Å². The molecular weight excluding hydrogens is 365 g/mol. The fourth-order valence-electron chi connectivity index (χ4n) is 1.70. The highest BCUT2D eigenvalue weighted by Crippen LogP contribution is 2.35. The molecular formula is C18H25ClFNO3S. The van der Waals surface area contributed by atoms with Gasteiger partial charge in [-0.05, 0) is 25.5 Å². The first-order chi connectivity index (χ1) is 11.6. The molecule has 1 aromatic carbocycles. The molecule has 0 aliphatic carbocycles. The molecule has 0 radical (unpaired) electrons. The van der Waals surface area contributed by atoms with E-state index in [1.807, 2.05) is 6.92 Å². The highest BCUT2D eigenvalue weighted by molar-refractivity contribution is 8.00. The summed E-state index contributed by atoms with van der Waals surface area (Å²) < 4.78 is 19.3. The van der Waals surface area contributed by atoms with Gasteiger partial charge in [-0.15, -0.1) is 11.8 Å². The number of carbonyl (C=O) groups is 2. The second kappa shape index (κ2) is 9.43. The Bertz CT molecular complexity index is 631. The van der Waals surface area contributed by atoms with Crippen LogP contribution in [0.25, 0.3) is 0 Å². The number of esters is 1. The highest BCUT2D eigenvalue weighted by atomic mass is 35.5. The predicted molar refractivity (Wildman–Crippen MR) is 101 cm³/mol. The molecule has 1 unspecified atom stereocenters. The van der Waals surface area contributed by atoms with Crippen molar-refractivity contribution in [1.29, 1.82) is 0 Å². The quantitative estimate of drug-likeness (QED) is 0.391. The maximum Gasteiger partial charge on any atom is 0.319 e. The molecule has 1 N–H and O–H groups in total. The molecule has 1 amide bonds. The monoisotopic (exact) mass is 389 g/mol. The van der Waals surface area contributed by atoms with Crippen molar-refractivity contribution in [2.24, 2.45) is 5.41 Å². The smallest absolute Gasteiger partial charge is 0.319 e. The second-order valence-corrected chi connectivity index (χ2v) is 8.54. The molecule has 7 heteroatoms. The minimum absolute atomic E-state index is 0.0402. The van der Waals surface area contributed by atoms with E-state index in [1.165, 1.54) is 17.8 Å². The Labute approximate surface area is 157 Å². The number of nitrogens with one attached hydrogen (secondary N) is 1. The van der Waals surface area contributed by atoms with Crippen LogP contribution in [-0.4, -0.2) is 23.7 Å². The normalized spacial score (nSPS) is 12.6. The van der Waals surface area contributed by atoms with Crippen LogP contribution >= 0.6 is 23.4 Å². The van der Waals surface area contributed by atoms with Gasteiger partial charge < -0.3 is 10.1 Å². The Kier molecular flexibility index (Phi) is 8.22. The van der Waals surface area contributed by atoms with Gasteiger partial charge in [-0.25, -0.2) is 4.39 Å². The molecule has 25 heavy (non-hydrogen) atoms. The zero-order valence-electron chi connectivity index (χ0n) is 15.2. The first-order valence-corrected chi connectivity index (χ1v) is 9.45. The topological polar surface area (TPSA) is 55.4 Å². The number of hydrogen-bond acceptors (Lipinski definition) is 4. The van der Waals surface area contributed by atoms with Gasteiger partial charge in [-0.1, -0.05) is 45.7 Å². The number of unbranched alkanes of at least 4 members (excludes halogenated alkanes) is 1. The van der Waals surface area contributed by atoms with E-state index in [-0.39, 0.29) is 22.6 Å². The molecule has 0 fully saturated rings. The first-order valence-electron chi connectivity index (χ1n) is 8.20. The molecule has 4 nitrogen and oxygen atoms in total. The van der Waals surface area contributed by atoms with Crippen molar-refractivity contribution in [3.05, 3.63) is 23.0 Å². The maximum atomic E-state index is 14.1. The summed E-state index contributed by atoms with van der Waals surface area (Å²) in [5.41, 5.74) is -0.617. The van der Waals surface area contributed by atoms with Crippen LogP contribution in [0.1, 0.15) is 47.5 Å². The summed E-state index contributed by atoms with van der Waals surface area (Å²) in [7, 11) is 0.